The van der Waals surface area contributed by atoms with Crippen LogP contribution in [0.5, 0.6) is 5.75 Å². The molecule has 2 rings (SSSR count). The summed E-state index contributed by atoms with van der Waals surface area (Å²) in [6, 6.07) is 4.77. The maximum absolute atomic E-state index is 12.7. The first-order chi connectivity index (χ1) is 5.81. The van der Waals surface area contributed by atoms with Crippen LogP contribution in [-0.2, 0) is 0 Å². The SMILES string of the molecule is COc1cc(F)ccc1C1CC1. The van der Waals surface area contributed by atoms with E-state index in [2.05, 4.69) is 0 Å². The van der Waals surface area contributed by atoms with Crippen molar-refractivity contribution in [2.75, 3.05) is 7.11 Å². The number of hydrogen-bond donors (Lipinski definition) is 0. The molecule has 0 aliphatic heterocycles. The van der Waals surface area contributed by atoms with E-state index in [-0.39, 0.29) is 5.82 Å². The van der Waals surface area contributed by atoms with Crippen LogP contribution in [0.4, 0.5) is 4.39 Å². The normalized spacial score (nSPS) is 16.2. The van der Waals surface area contributed by atoms with Gasteiger partial charge in [-0.05, 0) is 30.4 Å². The first kappa shape index (κ1) is 7.59. The smallest absolute Gasteiger partial charge is 0.126 e. The van der Waals surface area contributed by atoms with Crippen LogP contribution in [0.25, 0.3) is 0 Å². The Labute approximate surface area is 71.2 Å². The molecule has 1 fully saturated rings. The highest BCUT2D eigenvalue weighted by atomic mass is 19.1. The molecule has 2 heteroatoms. The maximum Gasteiger partial charge on any atom is 0.126 e. The third-order valence-electron chi connectivity index (χ3n) is 2.21. The molecule has 1 saturated carbocycles. The lowest BCUT2D eigenvalue weighted by Crippen LogP contribution is -1.90. The summed E-state index contributed by atoms with van der Waals surface area (Å²) in [5, 5.41) is 0. The van der Waals surface area contributed by atoms with Gasteiger partial charge in [-0.15, -0.1) is 0 Å². The molecular weight excluding hydrogens is 155 g/mol. The Morgan fingerprint density at radius 2 is 2.17 bits per heavy atom. The Hall–Kier alpha value is -1.05. The van der Waals surface area contributed by atoms with Crippen molar-refractivity contribution in [1.29, 1.82) is 0 Å². The molecule has 0 spiro atoms. The van der Waals surface area contributed by atoms with E-state index in [1.165, 1.54) is 25.0 Å². The first-order valence-corrected chi connectivity index (χ1v) is 4.14. The van der Waals surface area contributed by atoms with Crippen LogP contribution >= 0.6 is 0 Å². The van der Waals surface area contributed by atoms with Crippen molar-refractivity contribution in [1.82, 2.24) is 0 Å². The van der Waals surface area contributed by atoms with E-state index in [9.17, 15) is 4.39 Å². The minimum atomic E-state index is -0.226. The van der Waals surface area contributed by atoms with Gasteiger partial charge in [-0.1, -0.05) is 6.07 Å². The summed E-state index contributed by atoms with van der Waals surface area (Å²) in [4.78, 5) is 0. The third-order valence-corrected chi connectivity index (χ3v) is 2.21. The maximum atomic E-state index is 12.7. The third kappa shape index (κ3) is 1.29. The van der Waals surface area contributed by atoms with Gasteiger partial charge in [0.05, 0.1) is 7.11 Å². The fraction of sp³-hybridized carbons (Fsp3) is 0.400. The van der Waals surface area contributed by atoms with Crippen molar-refractivity contribution in [2.24, 2.45) is 0 Å². The summed E-state index contributed by atoms with van der Waals surface area (Å²) in [7, 11) is 1.58. The Bertz CT molecular complexity index is 292. The predicted molar refractivity (Wildman–Crippen MR) is 44.9 cm³/mol. The van der Waals surface area contributed by atoms with Crippen molar-refractivity contribution in [2.45, 2.75) is 18.8 Å². The minimum absolute atomic E-state index is 0.226. The van der Waals surface area contributed by atoms with E-state index in [1.54, 1.807) is 7.11 Å². The number of methoxy groups -OCH3 is 1. The van der Waals surface area contributed by atoms with Crippen molar-refractivity contribution in [3.8, 4) is 5.75 Å². The molecular formula is C10H11FO. The zero-order valence-electron chi connectivity index (χ0n) is 7.01. The minimum Gasteiger partial charge on any atom is -0.496 e. The predicted octanol–water partition coefficient (Wildman–Crippen LogP) is 2.71. The summed E-state index contributed by atoms with van der Waals surface area (Å²) >= 11 is 0. The lowest BCUT2D eigenvalue weighted by Gasteiger charge is -2.06. The lowest BCUT2D eigenvalue weighted by atomic mass is 10.1. The second kappa shape index (κ2) is 2.77. The van der Waals surface area contributed by atoms with Crippen LogP contribution in [0.2, 0.25) is 0 Å². The van der Waals surface area contributed by atoms with Gasteiger partial charge < -0.3 is 4.74 Å². The average molecular weight is 166 g/mol. The molecule has 64 valence electrons. The summed E-state index contributed by atoms with van der Waals surface area (Å²) in [6.07, 6.45) is 2.42. The molecule has 1 aliphatic carbocycles. The van der Waals surface area contributed by atoms with Crippen molar-refractivity contribution >= 4 is 0 Å². The zero-order valence-corrected chi connectivity index (χ0v) is 7.01. The summed E-state index contributed by atoms with van der Waals surface area (Å²) in [5.74, 6) is 1.08. The quantitative estimate of drug-likeness (QED) is 0.656. The molecule has 0 N–H and O–H groups in total. The van der Waals surface area contributed by atoms with Gasteiger partial charge in [-0.3, -0.25) is 0 Å². The van der Waals surface area contributed by atoms with Gasteiger partial charge in [-0.2, -0.15) is 0 Å². The molecule has 1 aromatic rings. The molecule has 0 bridgehead atoms. The summed E-state index contributed by atoms with van der Waals surface area (Å²) in [5.41, 5.74) is 1.15. The van der Waals surface area contributed by atoms with Crippen LogP contribution in [0.15, 0.2) is 18.2 Å². The number of rotatable bonds is 2. The average Bonchev–Trinajstić information content (AvgIpc) is 2.87. The fourth-order valence-corrected chi connectivity index (χ4v) is 1.42. The van der Waals surface area contributed by atoms with Crippen LogP contribution in [0.1, 0.15) is 24.3 Å². The number of hydrogen-bond acceptors (Lipinski definition) is 1. The topological polar surface area (TPSA) is 9.23 Å². The van der Waals surface area contributed by atoms with Gasteiger partial charge >= 0.3 is 0 Å². The highest BCUT2D eigenvalue weighted by Crippen LogP contribution is 2.44. The molecule has 0 unspecified atom stereocenters. The molecule has 12 heavy (non-hydrogen) atoms. The van der Waals surface area contributed by atoms with Crippen molar-refractivity contribution < 1.29 is 9.13 Å². The van der Waals surface area contributed by atoms with Crippen molar-refractivity contribution in [3.05, 3.63) is 29.6 Å². The largest absolute Gasteiger partial charge is 0.496 e. The molecule has 0 saturated heterocycles. The van der Waals surface area contributed by atoms with E-state index in [4.69, 9.17) is 4.74 Å². The first-order valence-electron chi connectivity index (χ1n) is 4.14. The lowest BCUT2D eigenvalue weighted by molar-refractivity contribution is 0.406. The molecule has 0 atom stereocenters. The Kier molecular flexibility index (Phi) is 1.75. The van der Waals surface area contributed by atoms with Gasteiger partial charge in [-0.25, -0.2) is 4.39 Å². The van der Waals surface area contributed by atoms with Gasteiger partial charge in [0.2, 0.25) is 0 Å². The van der Waals surface area contributed by atoms with E-state index >= 15 is 0 Å². The Morgan fingerprint density at radius 3 is 2.75 bits per heavy atom. The Balaban J connectivity index is 2.38. The van der Waals surface area contributed by atoms with E-state index in [1.807, 2.05) is 6.07 Å². The van der Waals surface area contributed by atoms with Gasteiger partial charge in [0.15, 0.2) is 0 Å². The summed E-state index contributed by atoms with van der Waals surface area (Å²) in [6.45, 7) is 0. The standard InChI is InChI=1S/C10H11FO/c1-12-10-6-8(11)4-5-9(10)7-2-3-7/h4-7H,2-3H2,1H3. The van der Waals surface area contributed by atoms with Crippen LogP contribution < -0.4 is 4.74 Å². The van der Waals surface area contributed by atoms with Crippen LogP contribution in [0, 0.1) is 5.82 Å². The molecule has 0 radical (unpaired) electrons. The monoisotopic (exact) mass is 166 g/mol. The number of benzene rings is 1. The molecule has 0 aromatic heterocycles. The van der Waals surface area contributed by atoms with Crippen molar-refractivity contribution in [3.63, 3.8) is 0 Å². The van der Waals surface area contributed by atoms with E-state index < -0.39 is 0 Å². The fourth-order valence-electron chi connectivity index (χ4n) is 1.42. The second-order valence-electron chi connectivity index (χ2n) is 3.16. The Morgan fingerprint density at radius 1 is 1.42 bits per heavy atom. The summed E-state index contributed by atoms with van der Waals surface area (Å²) < 4.78 is 17.8. The zero-order chi connectivity index (χ0) is 8.55. The van der Waals surface area contributed by atoms with E-state index in [0.29, 0.717) is 11.7 Å². The number of ether oxygens (including phenoxy) is 1. The molecule has 0 amide bonds. The van der Waals surface area contributed by atoms with Crippen LogP contribution in [0.3, 0.4) is 0 Å². The molecule has 1 nitrogen and oxygen atoms in total. The molecule has 1 aliphatic rings. The number of halogens is 1. The van der Waals surface area contributed by atoms with Gasteiger partial charge in [0, 0.05) is 6.07 Å². The molecule has 1 aromatic carbocycles. The van der Waals surface area contributed by atoms with Gasteiger partial charge in [0.1, 0.15) is 11.6 Å². The second-order valence-corrected chi connectivity index (χ2v) is 3.16. The molecule has 0 heterocycles. The van der Waals surface area contributed by atoms with Crippen LogP contribution in [-0.4, -0.2) is 7.11 Å². The highest BCUT2D eigenvalue weighted by Gasteiger charge is 2.26. The van der Waals surface area contributed by atoms with E-state index in [0.717, 1.165) is 5.56 Å². The highest BCUT2D eigenvalue weighted by molar-refractivity contribution is 5.38. The van der Waals surface area contributed by atoms with Gasteiger partial charge in [0.25, 0.3) is 0 Å².